The second-order valence-electron chi connectivity index (χ2n) is 5.76. The molecule has 0 heterocycles. The van der Waals surface area contributed by atoms with E-state index in [0.29, 0.717) is 12.5 Å². The van der Waals surface area contributed by atoms with Gasteiger partial charge in [0.1, 0.15) is 5.82 Å². The van der Waals surface area contributed by atoms with Crippen LogP contribution in [0.2, 0.25) is 0 Å². The predicted octanol–water partition coefficient (Wildman–Crippen LogP) is 3.04. The molecule has 1 aromatic rings. The number of hydrogen-bond donors (Lipinski definition) is 2. The molecule has 0 radical (unpaired) electrons. The molecular formula is C16H24FNO. The van der Waals surface area contributed by atoms with E-state index in [4.69, 9.17) is 0 Å². The van der Waals surface area contributed by atoms with Gasteiger partial charge in [-0.25, -0.2) is 4.39 Å². The van der Waals surface area contributed by atoms with Crippen LogP contribution in [-0.2, 0) is 6.42 Å². The van der Waals surface area contributed by atoms with E-state index in [2.05, 4.69) is 12.2 Å². The van der Waals surface area contributed by atoms with Gasteiger partial charge in [-0.2, -0.15) is 0 Å². The first-order chi connectivity index (χ1) is 9.11. The molecule has 1 aliphatic rings. The van der Waals surface area contributed by atoms with Gasteiger partial charge in [0.2, 0.25) is 0 Å². The van der Waals surface area contributed by atoms with Crippen molar-refractivity contribution in [1.82, 2.24) is 5.32 Å². The molecule has 0 amide bonds. The van der Waals surface area contributed by atoms with Gasteiger partial charge in [-0.1, -0.05) is 19.1 Å². The highest BCUT2D eigenvalue weighted by atomic mass is 19.1. The van der Waals surface area contributed by atoms with E-state index in [9.17, 15) is 9.50 Å². The molecule has 0 aliphatic heterocycles. The summed E-state index contributed by atoms with van der Waals surface area (Å²) in [6.45, 7) is 3.21. The number of hydrogen-bond acceptors (Lipinski definition) is 2. The lowest BCUT2D eigenvalue weighted by Gasteiger charge is -2.36. The third kappa shape index (κ3) is 4.29. The van der Waals surface area contributed by atoms with E-state index in [1.807, 2.05) is 6.07 Å². The highest BCUT2D eigenvalue weighted by Crippen LogP contribution is 2.31. The molecule has 3 heteroatoms. The largest absolute Gasteiger partial charge is 0.390 e. The van der Waals surface area contributed by atoms with Crippen LogP contribution in [0.1, 0.15) is 44.6 Å². The topological polar surface area (TPSA) is 32.3 Å². The highest BCUT2D eigenvalue weighted by Gasteiger charge is 2.33. The van der Waals surface area contributed by atoms with Crippen LogP contribution >= 0.6 is 0 Å². The summed E-state index contributed by atoms with van der Waals surface area (Å²) in [7, 11) is 0. The van der Waals surface area contributed by atoms with Crippen molar-refractivity contribution < 1.29 is 9.50 Å². The highest BCUT2D eigenvalue weighted by molar-refractivity contribution is 5.18. The fraction of sp³-hybridized carbons (Fsp3) is 0.625. The van der Waals surface area contributed by atoms with Crippen molar-refractivity contribution in [3.63, 3.8) is 0 Å². The molecular weight excluding hydrogens is 241 g/mol. The summed E-state index contributed by atoms with van der Waals surface area (Å²) >= 11 is 0. The third-order valence-corrected chi connectivity index (χ3v) is 4.02. The number of aliphatic hydroxyl groups is 1. The molecule has 19 heavy (non-hydrogen) atoms. The van der Waals surface area contributed by atoms with Gasteiger partial charge in [0, 0.05) is 12.5 Å². The minimum Gasteiger partial charge on any atom is -0.390 e. The SMILES string of the molecule is CCCNC1CCC(O)(Cc2cccc(F)c2)CC1. The van der Waals surface area contributed by atoms with Crippen LogP contribution in [0.4, 0.5) is 4.39 Å². The van der Waals surface area contributed by atoms with Crippen molar-refractivity contribution in [3.05, 3.63) is 35.6 Å². The van der Waals surface area contributed by atoms with E-state index >= 15 is 0 Å². The summed E-state index contributed by atoms with van der Waals surface area (Å²) in [6.07, 6.45) is 5.31. The molecule has 0 atom stereocenters. The van der Waals surface area contributed by atoms with E-state index in [0.717, 1.165) is 44.2 Å². The summed E-state index contributed by atoms with van der Waals surface area (Å²) < 4.78 is 13.2. The van der Waals surface area contributed by atoms with E-state index in [1.54, 1.807) is 6.07 Å². The Labute approximate surface area is 115 Å². The van der Waals surface area contributed by atoms with Crippen LogP contribution in [0.5, 0.6) is 0 Å². The lowest BCUT2D eigenvalue weighted by molar-refractivity contribution is -0.00310. The van der Waals surface area contributed by atoms with Gasteiger partial charge < -0.3 is 10.4 Å². The summed E-state index contributed by atoms with van der Waals surface area (Å²) in [4.78, 5) is 0. The Bertz CT molecular complexity index is 399. The lowest BCUT2D eigenvalue weighted by atomic mass is 9.78. The van der Waals surface area contributed by atoms with Crippen molar-refractivity contribution >= 4 is 0 Å². The molecule has 1 aromatic carbocycles. The molecule has 0 saturated heterocycles. The molecule has 0 unspecified atom stereocenters. The van der Waals surface area contributed by atoms with Crippen molar-refractivity contribution in [1.29, 1.82) is 0 Å². The monoisotopic (exact) mass is 265 g/mol. The van der Waals surface area contributed by atoms with E-state index < -0.39 is 5.60 Å². The van der Waals surface area contributed by atoms with Gasteiger partial charge in [0.05, 0.1) is 5.60 Å². The van der Waals surface area contributed by atoms with Crippen LogP contribution in [-0.4, -0.2) is 23.3 Å². The number of nitrogens with one attached hydrogen (secondary N) is 1. The number of halogens is 1. The van der Waals surface area contributed by atoms with Gasteiger partial charge in [-0.3, -0.25) is 0 Å². The summed E-state index contributed by atoms with van der Waals surface area (Å²) in [6, 6.07) is 7.11. The van der Waals surface area contributed by atoms with Gasteiger partial charge in [-0.05, 0) is 56.3 Å². The van der Waals surface area contributed by atoms with Gasteiger partial charge >= 0.3 is 0 Å². The molecule has 0 spiro atoms. The van der Waals surface area contributed by atoms with Crippen LogP contribution in [0.3, 0.4) is 0 Å². The molecule has 2 nitrogen and oxygen atoms in total. The quantitative estimate of drug-likeness (QED) is 0.857. The van der Waals surface area contributed by atoms with Gasteiger partial charge in [0.15, 0.2) is 0 Å². The van der Waals surface area contributed by atoms with Gasteiger partial charge in [0.25, 0.3) is 0 Å². The molecule has 2 N–H and O–H groups in total. The molecule has 1 fully saturated rings. The fourth-order valence-corrected chi connectivity index (χ4v) is 2.91. The maximum Gasteiger partial charge on any atom is 0.123 e. The molecule has 1 aliphatic carbocycles. The number of benzene rings is 1. The summed E-state index contributed by atoms with van der Waals surface area (Å²) in [5.74, 6) is -0.223. The van der Waals surface area contributed by atoms with Crippen LogP contribution < -0.4 is 5.32 Å². The minimum absolute atomic E-state index is 0.223. The maximum atomic E-state index is 13.2. The first-order valence-electron chi connectivity index (χ1n) is 7.31. The molecule has 0 bridgehead atoms. The maximum absolute atomic E-state index is 13.2. The zero-order valence-electron chi connectivity index (χ0n) is 11.7. The lowest BCUT2D eigenvalue weighted by Crippen LogP contribution is -2.42. The molecule has 1 saturated carbocycles. The Morgan fingerprint density at radius 3 is 2.74 bits per heavy atom. The van der Waals surface area contributed by atoms with Gasteiger partial charge in [-0.15, -0.1) is 0 Å². The van der Waals surface area contributed by atoms with Crippen LogP contribution in [0, 0.1) is 5.82 Å². The summed E-state index contributed by atoms with van der Waals surface area (Å²) in [5, 5.41) is 14.1. The third-order valence-electron chi connectivity index (χ3n) is 4.02. The Hall–Kier alpha value is -0.930. The zero-order chi connectivity index (χ0) is 13.7. The average molecular weight is 265 g/mol. The Morgan fingerprint density at radius 1 is 1.37 bits per heavy atom. The van der Waals surface area contributed by atoms with Crippen molar-refractivity contribution in [2.45, 2.75) is 57.1 Å². The van der Waals surface area contributed by atoms with Crippen LogP contribution in [0.15, 0.2) is 24.3 Å². The van der Waals surface area contributed by atoms with Crippen molar-refractivity contribution in [2.75, 3.05) is 6.54 Å². The van der Waals surface area contributed by atoms with E-state index in [-0.39, 0.29) is 5.82 Å². The molecule has 0 aromatic heterocycles. The first-order valence-corrected chi connectivity index (χ1v) is 7.31. The Kier molecular flexibility index (Phi) is 4.94. The van der Waals surface area contributed by atoms with Crippen molar-refractivity contribution in [2.24, 2.45) is 0 Å². The Balaban J connectivity index is 1.87. The average Bonchev–Trinajstić information content (AvgIpc) is 2.38. The number of rotatable bonds is 5. The smallest absolute Gasteiger partial charge is 0.123 e. The fourth-order valence-electron chi connectivity index (χ4n) is 2.91. The summed E-state index contributed by atoms with van der Waals surface area (Å²) in [5.41, 5.74) is 0.237. The van der Waals surface area contributed by atoms with Crippen LogP contribution in [0.25, 0.3) is 0 Å². The normalized spacial score (nSPS) is 27.4. The Morgan fingerprint density at radius 2 is 2.11 bits per heavy atom. The van der Waals surface area contributed by atoms with E-state index in [1.165, 1.54) is 12.1 Å². The standard InChI is InChI=1S/C16H24FNO/c1-2-10-18-15-6-8-16(19,9-7-15)12-13-4-3-5-14(17)11-13/h3-5,11,15,18-19H,2,6-10,12H2,1H3. The second-order valence-corrected chi connectivity index (χ2v) is 5.76. The second kappa shape index (κ2) is 6.49. The molecule has 106 valence electrons. The predicted molar refractivity (Wildman–Crippen MR) is 75.6 cm³/mol. The zero-order valence-corrected chi connectivity index (χ0v) is 11.7. The molecule has 2 rings (SSSR count). The van der Waals surface area contributed by atoms with Crippen molar-refractivity contribution in [3.8, 4) is 0 Å². The first kappa shape index (κ1) is 14.5. The minimum atomic E-state index is -0.655.